The van der Waals surface area contributed by atoms with E-state index in [1.807, 2.05) is 0 Å². The van der Waals surface area contributed by atoms with E-state index in [9.17, 15) is 0 Å². The van der Waals surface area contributed by atoms with Crippen molar-refractivity contribution in [2.24, 2.45) is 7.05 Å². The third kappa shape index (κ3) is 4.85. The van der Waals surface area contributed by atoms with E-state index in [4.69, 9.17) is 0 Å². The minimum atomic E-state index is 1.02. The molecular formula is C16H30N2. The summed E-state index contributed by atoms with van der Waals surface area (Å²) < 4.78 is 2.27. The molecule has 1 heterocycles. The van der Waals surface area contributed by atoms with Crippen molar-refractivity contribution in [1.29, 1.82) is 0 Å². The Morgan fingerprint density at radius 1 is 1.06 bits per heavy atom. The number of aryl methyl sites for hydroxylation is 1. The summed E-state index contributed by atoms with van der Waals surface area (Å²) in [4.78, 5) is 0. The van der Waals surface area contributed by atoms with Gasteiger partial charge in [0.2, 0.25) is 0 Å². The predicted molar refractivity (Wildman–Crippen MR) is 80.0 cm³/mol. The van der Waals surface area contributed by atoms with E-state index >= 15 is 0 Å². The number of hydrogen-bond acceptors (Lipinski definition) is 1. The van der Waals surface area contributed by atoms with Crippen LogP contribution in [0, 0.1) is 13.8 Å². The van der Waals surface area contributed by atoms with Gasteiger partial charge in [0.05, 0.1) is 0 Å². The molecule has 0 radical (unpaired) electrons. The Morgan fingerprint density at radius 3 is 2.33 bits per heavy atom. The molecule has 0 amide bonds. The van der Waals surface area contributed by atoms with Crippen molar-refractivity contribution in [2.75, 3.05) is 6.54 Å². The molecular weight excluding hydrogens is 220 g/mol. The van der Waals surface area contributed by atoms with Gasteiger partial charge in [-0.1, -0.05) is 39.0 Å². The molecule has 0 spiro atoms. The second kappa shape index (κ2) is 8.36. The van der Waals surface area contributed by atoms with Crippen molar-refractivity contribution in [3.8, 4) is 0 Å². The van der Waals surface area contributed by atoms with Crippen molar-refractivity contribution in [1.82, 2.24) is 9.88 Å². The van der Waals surface area contributed by atoms with Crippen LogP contribution in [0.3, 0.4) is 0 Å². The third-order valence-electron chi connectivity index (χ3n) is 3.90. The average molecular weight is 250 g/mol. The molecule has 0 saturated heterocycles. The zero-order valence-electron chi connectivity index (χ0n) is 12.7. The van der Waals surface area contributed by atoms with Gasteiger partial charge in [0.25, 0.3) is 0 Å². The first kappa shape index (κ1) is 15.3. The highest BCUT2D eigenvalue weighted by molar-refractivity contribution is 5.26. The number of unbranched alkanes of at least 4 members (excludes halogenated alkanes) is 5. The van der Waals surface area contributed by atoms with Gasteiger partial charge in [-0.25, -0.2) is 0 Å². The molecule has 1 N–H and O–H groups in total. The molecule has 0 aliphatic rings. The van der Waals surface area contributed by atoms with Crippen LogP contribution in [0.15, 0.2) is 6.07 Å². The lowest BCUT2D eigenvalue weighted by Gasteiger charge is -2.05. The first-order chi connectivity index (χ1) is 8.66. The highest BCUT2D eigenvalue weighted by Gasteiger charge is 2.04. The molecule has 1 aromatic heterocycles. The highest BCUT2D eigenvalue weighted by Crippen LogP contribution is 2.12. The molecule has 0 atom stereocenters. The summed E-state index contributed by atoms with van der Waals surface area (Å²) in [5, 5.41) is 3.56. The fourth-order valence-corrected chi connectivity index (χ4v) is 2.37. The molecule has 0 aliphatic carbocycles. The summed E-state index contributed by atoms with van der Waals surface area (Å²) in [5.41, 5.74) is 4.19. The monoisotopic (exact) mass is 250 g/mol. The van der Waals surface area contributed by atoms with Crippen LogP contribution < -0.4 is 5.32 Å². The van der Waals surface area contributed by atoms with E-state index in [-0.39, 0.29) is 0 Å². The summed E-state index contributed by atoms with van der Waals surface area (Å²) in [5.74, 6) is 0. The molecule has 0 aliphatic heterocycles. The SMILES string of the molecule is CCCCCCCCNCc1cc(C)n(C)c1C. The highest BCUT2D eigenvalue weighted by atomic mass is 15.0. The second-order valence-corrected chi connectivity index (χ2v) is 5.40. The summed E-state index contributed by atoms with van der Waals surface area (Å²) in [6.07, 6.45) is 8.24. The molecule has 2 heteroatoms. The Balaban J connectivity index is 2.09. The zero-order valence-corrected chi connectivity index (χ0v) is 12.7. The third-order valence-corrected chi connectivity index (χ3v) is 3.90. The summed E-state index contributed by atoms with van der Waals surface area (Å²) in [6, 6.07) is 2.30. The van der Waals surface area contributed by atoms with Crippen LogP contribution in [0.25, 0.3) is 0 Å². The Morgan fingerprint density at radius 2 is 1.72 bits per heavy atom. The van der Waals surface area contributed by atoms with E-state index in [1.54, 1.807) is 0 Å². The molecule has 2 nitrogen and oxygen atoms in total. The Bertz CT molecular complexity index is 339. The minimum Gasteiger partial charge on any atom is -0.352 e. The van der Waals surface area contributed by atoms with E-state index in [1.165, 1.54) is 55.5 Å². The molecule has 0 unspecified atom stereocenters. The van der Waals surface area contributed by atoms with Crippen LogP contribution in [0.4, 0.5) is 0 Å². The van der Waals surface area contributed by atoms with Gasteiger partial charge >= 0.3 is 0 Å². The molecule has 18 heavy (non-hydrogen) atoms. The summed E-state index contributed by atoms with van der Waals surface area (Å²) >= 11 is 0. The van der Waals surface area contributed by atoms with Crippen molar-refractivity contribution < 1.29 is 0 Å². The molecule has 1 rings (SSSR count). The Kier molecular flexibility index (Phi) is 7.11. The van der Waals surface area contributed by atoms with Gasteiger partial charge in [0, 0.05) is 25.0 Å². The number of aromatic nitrogens is 1. The number of rotatable bonds is 9. The molecule has 104 valence electrons. The van der Waals surface area contributed by atoms with Gasteiger partial charge in [0.15, 0.2) is 0 Å². The molecule has 0 aromatic carbocycles. The lowest BCUT2D eigenvalue weighted by molar-refractivity contribution is 0.571. The number of nitrogens with one attached hydrogen (secondary N) is 1. The van der Waals surface area contributed by atoms with Crippen molar-refractivity contribution in [2.45, 2.75) is 65.8 Å². The van der Waals surface area contributed by atoms with Gasteiger partial charge in [-0.2, -0.15) is 0 Å². The molecule has 0 bridgehead atoms. The predicted octanol–water partition coefficient (Wildman–Crippen LogP) is 4.09. The van der Waals surface area contributed by atoms with Gasteiger partial charge in [-0.15, -0.1) is 0 Å². The van der Waals surface area contributed by atoms with Crippen LogP contribution >= 0.6 is 0 Å². The Labute approximate surface area is 113 Å². The van der Waals surface area contributed by atoms with E-state index in [0.717, 1.165) is 13.1 Å². The topological polar surface area (TPSA) is 17.0 Å². The first-order valence-electron chi connectivity index (χ1n) is 7.49. The maximum atomic E-state index is 3.56. The maximum Gasteiger partial charge on any atom is 0.0223 e. The Hall–Kier alpha value is -0.760. The van der Waals surface area contributed by atoms with Crippen LogP contribution in [0.1, 0.15) is 62.4 Å². The van der Waals surface area contributed by atoms with Gasteiger partial charge in [-0.05, 0) is 38.4 Å². The second-order valence-electron chi connectivity index (χ2n) is 5.40. The van der Waals surface area contributed by atoms with Crippen LogP contribution in [-0.4, -0.2) is 11.1 Å². The van der Waals surface area contributed by atoms with Gasteiger partial charge < -0.3 is 9.88 Å². The zero-order chi connectivity index (χ0) is 13.4. The van der Waals surface area contributed by atoms with Crippen molar-refractivity contribution in [3.63, 3.8) is 0 Å². The van der Waals surface area contributed by atoms with Crippen molar-refractivity contribution in [3.05, 3.63) is 23.0 Å². The normalized spacial score (nSPS) is 11.1. The molecule has 1 aromatic rings. The fraction of sp³-hybridized carbons (Fsp3) is 0.750. The van der Waals surface area contributed by atoms with E-state index < -0.39 is 0 Å². The fourth-order valence-electron chi connectivity index (χ4n) is 2.37. The quantitative estimate of drug-likeness (QED) is 0.653. The molecule has 0 fully saturated rings. The standard InChI is InChI=1S/C16H30N2/c1-5-6-7-8-9-10-11-17-13-16-12-14(2)18(4)15(16)3/h12,17H,5-11,13H2,1-4H3. The van der Waals surface area contributed by atoms with Crippen molar-refractivity contribution >= 4 is 0 Å². The van der Waals surface area contributed by atoms with Gasteiger partial charge in [-0.3, -0.25) is 0 Å². The number of nitrogens with zero attached hydrogens (tertiary/aromatic N) is 1. The minimum absolute atomic E-state index is 1.02. The summed E-state index contributed by atoms with van der Waals surface area (Å²) in [6.45, 7) is 8.81. The summed E-state index contributed by atoms with van der Waals surface area (Å²) in [7, 11) is 2.14. The van der Waals surface area contributed by atoms with Crippen LogP contribution in [-0.2, 0) is 13.6 Å². The van der Waals surface area contributed by atoms with E-state index in [0.29, 0.717) is 0 Å². The lowest BCUT2D eigenvalue weighted by atomic mass is 10.1. The first-order valence-corrected chi connectivity index (χ1v) is 7.49. The molecule has 0 saturated carbocycles. The number of hydrogen-bond donors (Lipinski definition) is 1. The van der Waals surface area contributed by atoms with Crippen LogP contribution in [0.5, 0.6) is 0 Å². The van der Waals surface area contributed by atoms with Crippen LogP contribution in [0.2, 0.25) is 0 Å². The van der Waals surface area contributed by atoms with E-state index in [2.05, 4.69) is 43.8 Å². The largest absolute Gasteiger partial charge is 0.352 e. The maximum absolute atomic E-state index is 3.56. The van der Waals surface area contributed by atoms with Gasteiger partial charge in [0.1, 0.15) is 0 Å². The average Bonchev–Trinajstić information content (AvgIpc) is 2.60. The smallest absolute Gasteiger partial charge is 0.0223 e. The lowest BCUT2D eigenvalue weighted by Crippen LogP contribution is -2.15.